The van der Waals surface area contributed by atoms with E-state index >= 15 is 0 Å². The van der Waals surface area contributed by atoms with Crippen LogP contribution < -0.4 is 0 Å². The van der Waals surface area contributed by atoms with Gasteiger partial charge in [0, 0.05) is 0 Å². The zero-order valence-electron chi connectivity index (χ0n) is 9.14. The van der Waals surface area contributed by atoms with E-state index in [-0.39, 0.29) is 5.48 Å². The molecule has 2 heteroatoms. The van der Waals surface area contributed by atoms with Crippen LogP contribution in [-0.2, 0) is 0 Å². The van der Waals surface area contributed by atoms with Crippen molar-refractivity contribution in [1.82, 2.24) is 0 Å². The topological polar surface area (TPSA) is 30.0 Å². The summed E-state index contributed by atoms with van der Waals surface area (Å²) in [6.07, 6.45) is 0. The van der Waals surface area contributed by atoms with E-state index < -0.39 is 0 Å². The van der Waals surface area contributed by atoms with Crippen LogP contribution in [0.2, 0.25) is 0 Å². The van der Waals surface area contributed by atoms with Gasteiger partial charge in [-0.3, -0.25) is 0 Å². The van der Waals surface area contributed by atoms with Gasteiger partial charge in [-0.05, 0) is 0 Å². The predicted octanol–water partition coefficient (Wildman–Crippen LogP) is 2.55. The number of nitrogens with zero attached hydrogens (tertiary/aromatic N) is 1. The maximum Gasteiger partial charge on any atom is 0.0675 e. The largest absolute Gasteiger partial charge is 0.870 e. The van der Waals surface area contributed by atoms with Gasteiger partial charge in [-0.25, -0.2) is 0 Å². The fourth-order valence-electron chi connectivity index (χ4n) is 0. The molecule has 0 bridgehead atoms. The lowest BCUT2D eigenvalue weighted by atomic mass is 10.8. The van der Waals surface area contributed by atoms with E-state index in [2.05, 4.69) is 67.7 Å². The quantitative estimate of drug-likeness (QED) is 0.411. The van der Waals surface area contributed by atoms with Crippen LogP contribution in [0.1, 0.15) is 0 Å². The summed E-state index contributed by atoms with van der Waals surface area (Å²) in [6, 6.07) is 0. The molecule has 0 aliphatic carbocycles. The van der Waals surface area contributed by atoms with E-state index in [9.17, 15) is 0 Å². The molecule has 2 nitrogen and oxygen atoms in total. The molecule has 0 aromatic carbocycles. The average molecular weight is 175 g/mol. The molecule has 0 aliphatic rings. The minimum atomic E-state index is 0. The summed E-state index contributed by atoms with van der Waals surface area (Å²) in [5.74, 6) is 0. The van der Waals surface area contributed by atoms with Crippen LogP contribution in [0.15, 0.2) is 39.5 Å². The van der Waals surface area contributed by atoms with Gasteiger partial charge in [0.15, 0.2) is 0 Å². The zero-order chi connectivity index (χ0) is 10.5. The van der Waals surface area contributed by atoms with Gasteiger partial charge in [-0.1, -0.05) is 0 Å². The van der Waals surface area contributed by atoms with Crippen LogP contribution in [0.4, 0.5) is 0 Å². The Bertz CT molecular complexity index is 46.6. The number of quaternary nitrogens is 1. The molecule has 0 rings (SSSR count). The third-order valence-corrected chi connectivity index (χ3v) is 0. The van der Waals surface area contributed by atoms with Crippen molar-refractivity contribution in [2.24, 2.45) is 0 Å². The number of rotatable bonds is 0. The van der Waals surface area contributed by atoms with Gasteiger partial charge >= 0.3 is 0 Å². The molecule has 1 N–H and O–H groups in total. The van der Waals surface area contributed by atoms with E-state index in [0.717, 1.165) is 4.48 Å². The summed E-state index contributed by atoms with van der Waals surface area (Å²) < 4.78 is 1.00. The standard InChI is InChI=1S/C4H12N.3C2H4.H2O/c1-5(2,3)4;3*1-2;/h1-4H3;3*1-2H2;1H2/q+1;;;;/p-1. The molecule has 0 aromatic rings. The van der Waals surface area contributed by atoms with E-state index in [0.29, 0.717) is 0 Å². The van der Waals surface area contributed by atoms with Crippen LogP contribution >= 0.6 is 0 Å². The van der Waals surface area contributed by atoms with Crippen LogP contribution in [0.25, 0.3) is 0 Å². The highest BCUT2D eigenvalue weighted by Gasteiger charge is 1.88. The lowest BCUT2D eigenvalue weighted by Crippen LogP contribution is -2.27. The molecule has 0 unspecified atom stereocenters. The SMILES string of the molecule is C=C.C=C.C=C.C[N+](C)(C)C.[OH-]. The summed E-state index contributed by atoms with van der Waals surface area (Å²) in [7, 11) is 8.50. The van der Waals surface area contributed by atoms with E-state index in [4.69, 9.17) is 0 Å². The fraction of sp³-hybridized carbons (Fsp3) is 0.400. The van der Waals surface area contributed by atoms with Crippen molar-refractivity contribution in [3.8, 4) is 0 Å². The molecule has 76 valence electrons. The van der Waals surface area contributed by atoms with Crippen molar-refractivity contribution in [1.29, 1.82) is 0 Å². The second-order valence-electron chi connectivity index (χ2n) is 2.68. The molecular weight excluding hydrogens is 150 g/mol. The molecule has 0 atom stereocenters. The molecule has 0 heterocycles. The minimum Gasteiger partial charge on any atom is -0.870 e. The van der Waals surface area contributed by atoms with Gasteiger partial charge in [0.05, 0.1) is 28.2 Å². The summed E-state index contributed by atoms with van der Waals surface area (Å²) in [5.41, 5.74) is 0. The van der Waals surface area contributed by atoms with Gasteiger partial charge in [-0.2, -0.15) is 0 Å². The molecule has 0 saturated carbocycles. The molecule has 0 amide bonds. The van der Waals surface area contributed by atoms with E-state index in [1.54, 1.807) is 0 Å². The Balaban J connectivity index is -0.0000000203. The van der Waals surface area contributed by atoms with Crippen LogP contribution in [0.5, 0.6) is 0 Å². The first-order valence-corrected chi connectivity index (χ1v) is 3.29. The molecule has 12 heavy (non-hydrogen) atoms. The Morgan fingerprint density at radius 2 is 0.583 bits per heavy atom. The van der Waals surface area contributed by atoms with Crippen molar-refractivity contribution in [3.05, 3.63) is 39.5 Å². The van der Waals surface area contributed by atoms with Gasteiger partial charge in [0.2, 0.25) is 0 Å². The van der Waals surface area contributed by atoms with Crippen molar-refractivity contribution < 1.29 is 9.96 Å². The highest BCUT2D eigenvalue weighted by molar-refractivity contribution is 4.22. The second-order valence-corrected chi connectivity index (χ2v) is 2.68. The minimum absolute atomic E-state index is 0. The average Bonchev–Trinajstić information content (AvgIpc) is 1.96. The maximum absolute atomic E-state index is 3.00. The van der Waals surface area contributed by atoms with E-state index in [1.165, 1.54) is 0 Å². The summed E-state index contributed by atoms with van der Waals surface area (Å²) in [5, 5.41) is 0. The van der Waals surface area contributed by atoms with Crippen molar-refractivity contribution in [2.45, 2.75) is 0 Å². The molecular formula is C10H25NO. The Morgan fingerprint density at radius 3 is 0.583 bits per heavy atom. The summed E-state index contributed by atoms with van der Waals surface area (Å²) in [4.78, 5) is 0. The van der Waals surface area contributed by atoms with E-state index in [1.807, 2.05) is 0 Å². The lowest BCUT2D eigenvalue weighted by Gasteiger charge is -2.14. The maximum atomic E-state index is 3.00. The Kier molecular flexibility index (Phi) is 81.2. The van der Waals surface area contributed by atoms with Crippen LogP contribution in [-0.4, -0.2) is 38.1 Å². The fourth-order valence-corrected chi connectivity index (χ4v) is 0. The molecule has 0 aliphatic heterocycles. The smallest absolute Gasteiger partial charge is 0.0675 e. The Hall–Kier alpha value is -0.860. The third-order valence-electron chi connectivity index (χ3n) is 0. The summed E-state index contributed by atoms with van der Waals surface area (Å²) in [6.45, 7) is 18.0. The predicted molar refractivity (Wildman–Crippen MR) is 59.7 cm³/mol. The first kappa shape index (κ1) is 30.4. The first-order chi connectivity index (χ1) is 5.00. The Labute approximate surface area is 78.4 Å². The van der Waals surface area contributed by atoms with Crippen LogP contribution in [0.3, 0.4) is 0 Å². The van der Waals surface area contributed by atoms with Crippen molar-refractivity contribution >= 4 is 0 Å². The van der Waals surface area contributed by atoms with Gasteiger partial charge in [0.25, 0.3) is 0 Å². The van der Waals surface area contributed by atoms with Gasteiger partial charge in [0.1, 0.15) is 0 Å². The normalized spacial score (nSPS) is 6.00. The molecule has 0 saturated heterocycles. The Morgan fingerprint density at radius 1 is 0.583 bits per heavy atom. The first-order valence-electron chi connectivity index (χ1n) is 3.29. The van der Waals surface area contributed by atoms with Gasteiger partial charge in [-0.15, -0.1) is 39.5 Å². The van der Waals surface area contributed by atoms with Crippen molar-refractivity contribution in [3.63, 3.8) is 0 Å². The monoisotopic (exact) mass is 175 g/mol. The number of hydrogen-bond acceptors (Lipinski definition) is 1. The second kappa shape index (κ2) is 32.1. The summed E-state index contributed by atoms with van der Waals surface area (Å²) >= 11 is 0. The lowest BCUT2D eigenvalue weighted by molar-refractivity contribution is -0.849. The highest BCUT2D eigenvalue weighted by atomic mass is 16.0. The van der Waals surface area contributed by atoms with Crippen molar-refractivity contribution in [2.75, 3.05) is 28.2 Å². The highest BCUT2D eigenvalue weighted by Crippen LogP contribution is 1.73. The zero-order valence-corrected chi connectivity index (χ0v) is 9.14. The molecule has 0 radical (unpaired) electrons. The van der Waals surface area contributed by atoms with Gasteiger partial charge < -0.3 is 9.96 Å². The molecule has 0 fully saturated rings. The third kappa shape index (κ3) is 819. The number of hydrogen-bond donors (Lipinski definition) is 0. The van der Waals surface area contributed by atoms with Crippen LogP contribution in [0, 0.1) is 0 Å². The molecule has 0 spiro atoms. The molecule has 0 aromatic heterocycles.